The van der Waals surface area contributed by atoms with E-state index in [1.165, 1.54) is 10.6 Å². The smallest absolute Gasteiger partial charge is 0.270 e. The van der Waals surface area contributed by atoms with Crippen molar-refractivity contribution in [2.45, 2.75) is 38.2 Å². The van der Waals surface area contributed by atoms with E-state index in [1.807, 2.05) is 19.1 Å². The molecule has 0 spiro atoms. The standard InChI is InChI=1S/C25H29ClN4O4S/c1-15-17(14-34-15)10-11-29(35(3,32)33)23-13-22-21(12-20(23)16-4-5-16)24(25(31)27-2)30(28-22)19-8-6-18(26)7-9-19/h6-9,12-13,15-17H,4-5,10-11,14H2,1-3H3,(H,27,31)/t15-,17?/m1/s1. The fourth-order valence-electron chi connectivity index (χ4n) is 4.67. The van der Waals surface area contributed by atoms with Gasteiger partial charge in [-0.1, -0.05) is 11.6 Å². The minimum atomic E-state index is -3.53. The number of fused-ring (bicyclic) bond motifs is 1. The number of halogens is 1. The number of nitrogens with one attached hydrogen (secondary N) is 1. The zero-order valence-corrected chi connectivity index (χ0v) is 21.6. The first-order valence-electron chi connectivity index (χ1n) is 11.8. The molecule has 1 unspecified atom stereocenters. The summed E-state index contributed by atoms with van der Waals surface area (Å²) in [4.78, 5) is 13.0. The Bertz CT molecular complexity index is 1380. The van der Waals surface area contributed by atoms with Crippen LogP contribution in [0.4, 0.5) is 5.69 Å². The van der Waals surface area contributed by atoms with Gasteiger partial charge in [0.25, 0.3) is 5.91 Å². The third-order valence-corrected chi connectivity index (χ3v) is 8.39. The SMILES string of the molecule is CNC(=O)c1c2cc(C3CC3)c(N(CCC3CO[C@@H]3C)S(C)(=O)=O)cc2nn1-c1ccc(Cl)cc1. The predicted octanol–water partition coefficient (Wildman–Crippen LogP) is 4.11. The van der Waals surface area contributed by atoms with Crippen LogP contribution in [0.3, 0.4) is 0 Å². The molecule has 1 aliphatic heterocycles. The summed E-state index contributed by atoms with van der Waals surface area (Å²) >= 11 is 6.06. The quantitative estimate of drug-likeness (QED) is 0.486. The number of ether oxygens (including phenoxy) is 1. The van der Waals surface area contributed by atoms with Crippen LogP contribution in [0, 0.1) is 5.92 Å². The van der Waals surface area contributed by atoms with Crippen LogP contribution >= 0.6 is 11.6 Å². The number of sulfonamides is 1. The van der Waals surface area contributed by atoms with Crippen LogP contribution in [0.25, 0.3) is 16.6 Å². The van der Waals surface area contributed by atoms with Gasteiger partial charge in [0.15, 0.2) is 0 Å². The number of anilines is 1. The molecular weight excluding hydrogens is 488 g/mol. The number of amides is 1. The van der Waals surface area contributed by atoms with Crippen molar-refractivity contribution in [3.05, 3.63) is 52.7 Å². The molecule has 5 rings (SSSR count). The first-order chi connectivity index (χ1) is 16.7. The monoisotopic (exact) mass is 516 g/mol. The maximum absolute atomic E-state index is 13.0. The molecule has 35 heavy (non-hydrogen) atoms. The molecule has 3 aromatic rings. The number of hydrogen-bond donors (Lipinski definition) is 1. The molecule has 1 saturated carbocycles. The Labute approximate surface area is 210 Å². The van der Waals surface area contributed by atoms with Gasteiger partial charge >= 0.3 is 0 Å². The van der Waals surface area contributed by atoms with Crippen molar-refractivity contribution in [3.8, 4) is 5.69 Å². The molecule has 1 amide bonds. The average molecular weight is 517 g/mol. The Morgan fingerprint density at radius 3 is 2.51 bits per heavy atom. The van der Waals surface area contributed by atoms with Gasteiger partial charge in [-0.2, -0.15) is 5.10 Å². The van der Waals surface area contributed by atoms with Crippen LogP contribution in [0.5, 0.6) is 0 Å². The molecule has 8 nitrogen and oxygen atoms in total. The molecular formula is C25H29ClN4O4S. The van der Waals surface area contributed by atoms with Gasteiger partial charge in [-0.05, 0) is 74.1 Å². The van der Waals surface area contributed by atoms with Crippen molar-refractivity contribution in [1.82, 2.24) is 15.1 Å². The highest BCUT2D eigenvalue weighted by molar-refractivity contribution is 7.92. The number of hydrogen-bond acceptors (Lipinski definition) is 5. The third kappa shape index (κ3) is 4.64. The summed E-state index contributed by atoms with van der Waals surface area (Å²) in [6.45, 7) is 3.06. The molecule has 0 bridgehead atoms. The van der Waals surface area contributed by atoms with E-state index in [4.69, 9.17) is 21.4 Å². The number of carbonyl (C=O) groups excluding carboxylic acids is 1. The lowest BCUT2D eigenvalue weighted by atomic mass is 9.95. The zero-order valence-electron chi connectivity index (χ0n) is 20.0. The first kappa shape index (κ1) is 24.1. The maximum atomic E-state index is 13.0. The van der Waals surface area contributed by atoms with Crippen LogP contribution in [0.1, 0.15) is 48.2 Å². The molecule has 2 aromatic carbocycles. The minimum Gasteiger partial charge on any atom is -0.378 e. The average Bonchev–Trinajstić information content (AvgIpc) is 3.59. The van der Waals surface area contributed by atoms with Gasteiger partial charge in [-0.3, -0.25) is 9.10 Å². The van der Waals surface area contributed by atoms with E-state index in [1.54, 1.807) is 36.0 Å². The second-order valence-electron chi connectivity index (χ2n) is 9.44. The summed E-state index contributed by atoms with van der Waals surface area (Å²) in [7, 11) is -1.95. The van der Waals surface area contributed by atoms with Crippen LogP contribution in [0.2, 0.25) is 5.02 Å². The molecule has 10 heteroatoms. The Kier molecular flexibility index (Phi) is 6.27. The van der Waals surface area contributed by atoms with Crippen molar-refractivity contribution < 1.29 is 17.9 Å². The van der Waals surface area contributed by atoms with Gasteiger partial charge < -0.3 is 10.1 Å². The topological polar surface area (TPSA) is 93.5 Å². The highest BCUT2D eigenvalue weighted by Gasteiger charge is 2.34. The van der Waals surface area contributed by atoms with E-state index in [-0.39, 0.29) is 17.9 Å². The van der Waals surface area contributed by atoms with E-state index in [0.29, 0.717) is 52.1 Å². The van der Waals surface area contributed by atoms with Gasteiger partial charge in [0.05, 0.1) is 35.9 Å². The minimum absolute atomic E-state index is 0.145. The Hall–Kier alpha value is -2.62. The fraction of sp³-hybridized carbons (Fsp3) is 0.440. The summed E-state index contributed by atoms with van der Waals surface area (Å²) in [6.07, 6.45) is 4.09. The Morgan fingerprint density at radius 2 is 1.97 bits per heavy atom. The van der Waals surface area contributed by atoms with E-state index in [9.17, 15) is 13.2 Å². The number of rotatable bonds is 8. The summed E-state index contributed by atoms with van der Waals surface area (Å²) < 4.78 is 34.4. The molecule has 0 radical (unpaired) electrons. The van der Waals surface area contributed by atoms with Gasteiger partial charge in [0.1, 0.15) is 5.69 Å². The van der Waals surface area contributed by atoms with Crippen LogP contribution in [0.15, 0.2) is 36.4 Å². The lowest BCUT2D eigenvalue weighted by Crippen LogP contribution is -2.41. The van der Waals surface area contributed by atoms with E-state index < -0.39 is 10.0 Å². The second kappa shape index (κ2) is 9.11. The Morgan fingerprint density at radius 1 is 1.26 bits per heavy atom. The van der Waals surface area contributed by atoms with Crippen LogP contribution in [-0.4, -0.2) is 56.7 Å². The number of carbonyl (C=O) groups is 1. The molecule has 2 fully saturated rings. The molecule has 2 aliphatic rings. The zero-order chi connectivity index (χ0) is 24.9. The largest absolute Gasteiger partial charge is 0.378 e. The number of nitrogens with zero attached hydrogens (tertiary/aromatic N) is 3. The van der Waals surface area contributed by atoms with Gasteiger partial charge in [0, 0.05) is 29.9 Å². The van der Waals surface area contributed by atoms with Crippen molar-refractivity contribution in [2.75, 3.05) is 30.8 Å². The highest BCUT2D eigenvalue weighted by Crippen LogP contribution is 2.47. The number of aromatic nitrogens is 2. The van der Waals surface area contributed by atoms with Gasteiger partial charge in [-0.15, -0.1) is 0 Å². The molecule has 1 aliphatic carbocycles. The molecule has 1 N–H and O–H groups in total. The van der Waals surface area contributed by atoms with E-state index >= 15 is 0 Å². The van der Waals surface area contributed by atoms with Crippen LogP contribution in [-0.2, 0) is 14.8 Å². The molecule has 1 saturated heterocycles. The summed E-state index contributed by atoms with van der Waals surface area (Å²) in [5, 5.41) is 8.72. The third-order valence-electron chi connectivity index (χ3n) is 6.96. The highest BCUT2D eigenvalue weighted by atomic mass is 35.5. The predicted molar refractivity (Wildman–Crippen MR) is 137 cm³/mol. The summed E-state index contributed by atoms with van der Waals surface area (Å²) in [5.74, 6) is 0.341. The van der Waals surface area contributed by atoms with Gasteiger partial charge in [-0.25, -0.2) is 13.1 Å². The molecule has 186 valence electrons. The van der Waals surface area contributed by atoms with Gasteiger partial charge in [0.2, 0.25) is 10.0 Å². The lowest BCUT2D eigenvalue weighted by molar-refractivity contribution is -0.104. The van der Waals surface area contributed by atoms with Crippen LogP contribution < -0.4 is 9.62 Å². The summed E-state index contributed by atoms with van der Waals surface area (Å²) in [5.41, 5.74) is 3.26. The second-order valence-corrected chi connectivity index (χ2v) is 11.8. The van der Waals surface area contributed by atoms with E-state index in [2.05, 4.69) is 5.32 Å². The lowest BCUT2D eigenvalue weighted by Gasteiger charge is -2.36. The van der Waals surface area contributed by atoms with E-state index in [0.717, 1.165) is 24.8 Å². The molecule has 2 heterocycles. The number of benzene rings is 2. The van der Waals surface area contributed by atoms with Crippen molar-refractivity contribution in [2.24, 2.45) is 5.92 Å². The normalized spacial score (nSPS) is 20.0. The van der Waals surface area contributed by atoms with Crippen molar-refractivity contribution in [1.29, 1.82) is 0 Å². The maximum Gasteiger partial charge on any atom is 0.270 e. The summed E-state index contributed by atoms with van der Waals surface area (Å²) in [6, 6.07) is 10.9. The van der Waals surface area contributed by atoms with Crippen molar-refractivity contribution >= 4 is 44.1 Å². The first-order valence-corrected chi connectivity index (χ1v) is 14.0. The Balaban J connectivity index is 1.66. The van der Waals surface area contributed by atoms with Crippen molar-refractivity contribution in [3.63, 3.8) is 0 Å². The molecule has 2 atom stereocenters. The molecule has 1 aromatic heterocycles. The fourth-order valence-corrected chi connectivity index (χ4v) is 5.75.